The van der Waals surface area contributed by atoms with Crippen LogP contribution in [0, 0.1) is 29.6 Å². The first-order chi connectivity index (χ1) is 6.86. The summed E-state index contributed by atoms with van der Waals surface area (Å²) in [5.41, 5.74) is 0. The second kappa shape index (κ2) is 3.54. The van der Waals surface area contributed by atoms with E-state index in [1.807, 2.05) is 0 Å². The lowest BCUT2D eigenvalue weighted by atomic mass is 9.62. The van der Waals surface area contributed by atoms with Gasteiger partial charge in [-0.2, -0.15) is 0 Å². The van der Waals surface area contributed by atoms with Crippen molar-refractivity contribution in [2.45, 2.75) is 58.3 Å². The molecule has 3 aliphatic carbocycles. The van der Waals surface area contributed by atoms with Crippen LogP contribution in [0.4, 0.5) is 0 Å². The van der Waals surface area contributed by atoms with Gasteiger partial charge in [-0.3, -0.25) is 0 Å². The van der Waals surface area contributed by atoms with Crippen molar-refractivity contribution in [3.63, 3.8) is 0 Å². The molecule has 0 N–H and O–H groups in total. The van der Waals surface area contributed by atoms with E-state index in [-0.39, 0.29) is 0 Å². The number of hydrogen-bond donors (Lipinski definition) is 0. The van der Waals surface area contributed by atoms with Gasteiger partial charge < -0.3 is 0 Å². The Labute approximate surface area is 88.5 Å². The lowest BCUT2D eigenvalue weighted by Gasteiger charge is -2.44. The first kappa shape index (κ1) is 9.24. The van der Waals surface area contributed by atoms with Crippen molar-refractivity contribution in [3.05, 3.63) is 0 Å². The fourth-order valence-corrected chi connectivity index (χ4v) is 4.90. The SMILES string of the molecule is CC1CCC2C1CCC1CCCCC12. The molecule has 0 aliphatic heterocycles. The van der Waals surface area contributed by atoms with Gasteiger partial charge in [0, 0.05) is 0 Å². The Morgan fingerprint density at radius 2 is 1.43 bits per heavy atom. The van der Waals surface area contributed by atoms with E-state index in [9.17, 15) is 0 Å². The van der Waals surface area contributed by atoms with Crippen LogP contribution in [0.5, 0.6) is 0 Å². The van der Waals surface area contributed by atoms with Gasteiger partial charge >= 0.3 is 0 Å². The summed E-state index contributed by atoms with van der Waals surface area (Å²) in [5, 5.41) is 0. The molecule has 3 fully saturated rings. The molecule has 0 heterocycles. The van der Waals surface area contributed by atoms with Crippen LogP contribution in [0.1, 0.15) is 58.3 Å². The van der Waals surface area contributed by atoms with Crippen molar-refractivity contribution in [1.29, 1.82) is 0 Å². The van der Waals surface area contributed by atoms with Crippen molar-refractivity contribution >= 4 is 0 Å². The maximum absolute atomic E-state index is 2.51. The van der Waals surface area contributed by atoms with E-state index in [1.54, 1.807) is 44.9 Å². The Morgan fingerprint density at radius 3 is 2.36 bits per heavy atom. The molecule has 0 radical (unpaired) electrons. The molecule has 5 atom stereocenters. The molecule has 3 saturated carbocycles. The van der Waals surface area contributed by atoms with E-state index >= 15 is 0 Å². The quantitative estimate of drug-likeness (QED) is 0.538. The predicted molar refractivity (Wildman–Crippen MR) is 60.1 cm³/mol. The largest absolute Gasteiger partial charge is 0.0622 e. The molecule has 3 aliphatic rings. The van der Waals surface area contributed by atoms with Gasteiger partial charge in [-0.15, -0.1) is 0 Å². The van der Waals surface area contributed by atoms with Crippen LogP contribution >= 0.6 is 0 Å². The van der Waals surface area contributed by atoms with Gasteiger partial charge in [-0.1, -0.05) is 32.6 Å². The number of hydrogen-bond acceptors (Lipinski definition) is 0. The van der Waals surface area contributed by atoms with Crippen LogP contribution in [0.15, 0.2) is 0 Å². The standard InChI is InChI=1S/C14H24/c1-10-6-8-14-12(10)9-7-11-4-2-3-5-13(11)14/h10-14H,2-9H2,1H3. The third kappa shape index (κ3) is 1.33. The Balaban J connectivity index is 1.77. The summed E-state index contributed by atoms with van der Waals surface area (Å²) in [5.74, 6) is 5.66. The van der Waals surface area contributed by atoms with Gasteiger partial charge in [0.1, 0.15) is 0 Å². The molecular formula is C14H24. The molecular weight excluding hydrogens is 168 g/mol. The first-order valence-corrected chi connectivity index (χ1v) is 6.86. The molecule has 0 aromatic heterocycles. The Bertz CT molecular complexity index is 206. The van der Waals surface area contributed by atoms with E-state index in [0.717, 1.165) is 29.6 Å². The van der Waals surface area contributed by atoms with Crippen LogP contribution in [0.2, 0.25) is 0 Å². The second-order valence-corrected chi connectivity index (χ2v) is 6.17. The topological polar surface area (TPSA) is 0 Å². The molecule has 5 unspecified atom stereocenters. The molecule has 0 aromatic rings. The normalized spacial score (nSPS) is 52.5. The van der Waals surface area contributed by atoms with Gasteiger partial charge in [0.05, 0.1) is 0 Å². The molecule has 0 heteroatoms. The van der Waals surface area contributed by atoms with Crippen molar-refractivity contribution in [2.24, 2.45) is 29.6 Å². The van der Waals surface area contributed by atoms with E-state index in [0.29, 0.717) is 0 Å². The minimum Gasteiger partial charge on any atom is -0.0622 e. The molecule has 0 saturated heterocycles. The van der Waals surface area contributed by atoms with E-state index < -0.39 is 0 Å². The Hall–Kier alpha value is 0. The fraction of sp³-hybridized carbons (Fsp3) is 1.00. The summed E-state index contributed by atoms with van der Waals surface area (Å²) in [6, 6.07) is 0. The van der Waals surface area contributed by atoms with Gasteiger partial charge in [-0.25, -0.2) is 0 Å². The zero-order valence-corrected chi connectivity index (χ0v) is 9.54. The van der Waals surface area contributed by atoms with Gasteiger partial charge in [-0.05, 0) is 55.3 Å². The zero-order chi connectivity index (χ0) is 9.54. The van der Waals surface area contributed by atoms with Crippen LogP contribution < -0.4 is 0 Å². The van der Waals surface area contributed by atoms with Crippen LogP contribution in [0.3, 0.4) is 0 Å². The molecule has 0 aromatic carbocycles. The third-order valence-electron chi connectivity index (χ3n) is 5.62. The highest BCUT2D eigenvalue weighted by molar-refractivity contribution is 4.94. The lowest BCUT2D eigenvalue weighted by molar-refractivity contribution is 0.0615. The smallest absolute Gasteiger partial charge is 0.0352 e. The van der Waals surface area contributed by atoms with Gasteiger partial charge in [0.2, 0.25) is 0 Å². The molecule has 0 amide bonds. The molecule has 3 rings (SSSR count). The van der Waals surface area contributed by atoms with Gasteiger partial charge in [0.15, 0.2) is 0 Å². The summed E-state index contributed by atoms with van der Waals surface area (Å²) in [6.45, 7) is 2.51. The summed E-state index contributed by atoms with van der Waals surface area (Å²) in [6.07, 6.45) is 12.5. The minimum absolute atomic E-state index is 1.06. The summed E-state index contributed by atoms with van der Waals surface area (Å²) < 4.78 is 0. The summed E-state index contributed by atoms with van der Waals surface area (Å²) in [7, 11) is 0. The maximum Gasteiger partial charge on any atom is -0.0352 e. The van der Waals surface area contributed by atoms with E-state index in [4.69, 9.17) is 0 Å². The Morgan fingerprint density at radius 1 is 0.643 bits per heavy atom. The average Bonchev–Trinajstić information content (AvgIpc) is 2.61. The molecule has 0 nitrogen and oxygen atoms in total. The van der Waals surface area contributed by atoms with Crippen molar-refractivity contribution in [1.82, 2.24) is 0 Å². The summed E-state index contributed by atoms with van der Waals surface area (Å²) >= 11 is 0. The second-order valence-electron chi connectivity index (χ2n) is 6.17. The Kier molecular flexibility index (Phi) is 2.34. The minimum atomic E-state index is 1.06. The van der Waals surface area contributed by atoms with Crippen molar-refractivity contribution in [3.8, 4) is 0 Å². The van der Waals surface area contributed by atoms with Crippen molar-refractivity contribution < 1.29 is 0 Å². The number of fused-ring (bicyclic) bond motifs is 3. The summed E-state index contributed by atoms with van der Waals surface area (Å²) in [4.78, 5) is 0. The zero-order valence-electron chi connectivity index (χ0n) is 9.54. The molecule has 0 bridgehead atoms. The average molecular weight is 192 g/mol. The number of rotatable bonds is 0. The van der Waals surface area contributed by atoms with Gasteiger partial charge in [0.25, 0.3) is 0 Å². The highest BCUT2D eigenvalue weighted by Gasteiger charge is 2.44. The fourth-order valence-electron chi connectivity index (χ4n) is 4.90. The first-order valence-electron chi connectivity index (χ1n) is 6.86. The van der Waals surface area contributed by atoms with E-state index in [1.165, 1.54) is 6.42 Å². The van der Waals surface area contributed by atoms with Crippen LogP contribution in [-0.4, -0.2) is 0 Å². The monoisotopic (exact) mass is 192 g/mol. The van der Waals surface area contributed by atoms with E-state index in [2.05, 4.69) is 6.92 Å². The molecule has 0 spiro atoms. The lowest BCUT2D eigenvalue weighted by Crippen LogP contribution is -2.35. The maximum atomic E-state index is 2.51. The third-order valence-corrected chi connectivity index (χ3v) is 5.62. The van der Waals surface area contributed by atoms with Crippen LogP contribution in [-0.2, 0) is 0 Å². The predicted octanol–water partition coefficient (Wildman–Crippen LogP) is 4.25. The van der Waals surface area contributed by atoms with Crippen LogP contribution in [0.25, 0.3) is 0 Å². The highest BCUT2D eigenvalue weighted by atomic mass is 14.5. The molecule has 80 valence electrons. The molecule has 14 heavy (non-hydrogen) atoms. The van der Waals surface area contributed by atoms with Crippen molar-refractivity contribution in [2.75, 3.05) is 0 Å². The highest BCUT2D eigenvalue weighted by Crippen LogP contribution is 2.54.